The van der Waals surface area contributed by atoms with Gasteiger partial charge < -0.3 is 4.90 Å². The summed E-state index contributed by atoms with van der Waals surface area (Å²) in [5.41, 5.74) is 0.203. The van der Waals surface area contributed by atoms with Crippen molar-refractivity contribution in [2.45, 2.75) is 58.4 Å². The first-order valence-corrected chi connectivity index (χ1v) is 8.05. The summed E-state index contributed by atoms with van der Waals surface area (Å²) in [5.74, 6) is 0.688. The second kappa shape index (κ2) is 5.29. The van der Waals surface area contributed by atoms with E-state index < -0.39 is 0 Å². The van der Waals surface area contributed by atoms with Crippen LogP contribution in [0.2, 0.25) is 0 Å². The van der Waals surface area contributed by atoms with Crippen LogP contribution in [0.25, 0.3) is 0 Å². The number of amides is 1. The number of alkyl halides is 1. The molecule has 17 heavy (non-hydrogen) atoms. The van der Waals surface area contributed by atoms with E-state index >= 15 is 0 Å². The predicted octanol–water partition coefficient (Wildman–Crippen LogP) is 3.59. The molecule has 3 heteroatoms. The molecule has 1 amide bonds. The molecule has 2 aliphatic rings. The molecule has 0 aromatic rings. The van der Waals surface area contributed by atoms with Gasteiger partial charge in [-0.15, -0.1) is 0 Å². The van der Waals surface area contributed by atoms with Gasteiger partial charge >= 0.3 is 0 Å². The maximum absolute atomic E-state index is 12.7. The van der Waals surface area contributed by atoms with Crippen LogP contribution in [0.3, 0.4) is 0 Å². The highest BCUT2D eigenvalue weighted by atomic mass is 79.9. The Kier molecular flexibility index (Phi) is 4.17. The lowest BCUT2D eigenvalue weighted by Crippen LogP contribution is -2.45. The third kappa shape index (κ3) is 3.04. The number of carbonyl (C=O) groups excluding carboxylic acids is 1. The van der Waals surface area contributed by atoms with Crippen molar-refractivity contribution in [2.75, 3.05) is 11.9 Å². The monoisotopic (exact) mass is 301 g/mol. The third-order valence-electron chi connectivity index (χ3n) is 4.40. The SMILES string of the molecule is CC1(C)CCCCC1C(=O)N(CCBr)C1CC1. The molecule has 2 saturated carbocycles. The molecule has 0 aromatic carbocycles. The summed E-state index contributed by atoms with van der Waals surface area (Å²) in [6.45, 7) is 5.43. The van der Waals surface area contributed by atoms with Gasteiger partial charge in [-0.1, -0.05) is 42.6 Å². The number of carbonyl (C=O) groups is 1. The van der Waals surface area contributed by atoms with Crippen LogP contribution in [0, 0.1) is 11.3 Å². The Morgan fingerprint density at radius 2 is 2.00 bits per heavy atom. The average molecular weight is 302 g/mol. The minimum atomic E-state index is 0.203. The minimum Gasteiger partial charge on any atom is -0.339 e. The van der Waals surface area contributed by atoms with E-state index in [1.54, 1.807) is 0 Å². The first-order chi connectivity index (χ1) is 8.06. The Morgan fingerprint density at radius 3 is 2.53 bits per heavy atom. The number of rotatable bonds is 4. The van der Waals surface area contributed by atoms with E-state index in [0.717, 1.165) is 18.3 Å². The molecule has 0 aliphatic heterocycles. The van der Waals surface area contributed by atoms with Gasteiger partial charge in [0.1, 0.15) is 0 Å². The van der Waals surface area contributed by atoms with E-state index in [0.29, 0.717) is 11.9 Å². The fourth-order valence-electron chi connectivity index (χ4n) is 3.10. The summed E-state index contributed by atoms with van der Waals surface area (Å²) < 4.78 is 0. The van der Waals surface area contributed by atoms with Crippen LogP contribution in [-0.4, -0.2) is 28.7 Å². The molecule has 0 radical (unpaired) electrons. The molecule has 0 spiro atoms. The molecule has 2 aliphatic carbocycles. The molecule has 1 atom stereocenters. The Labute approximate surface area is 113 Å². The van der Waals surface area contributed by atoms with Gasteiger partial charge in [0.15, 0.2) is 0 Å². The van der Waals surface area contributed by atoms with E-state index in [9.17, 15) is 4.79 Å². The van der Waals surface area contributed by atoms with Crippen molar-refractivity contribution in [1.29, 1.82) is 0 Å². The maximum atomic E-state index is 12.7. The quantitative estimate of drug-likeness (QED) is 0.727. The van der Waals surface area contributed by atoms with Crippen LogP contribution in [-0.2, 0) is 4.79 Å². The van der Waals surface area contributed by atoms with Crippen molar-refractivity contribution in [1.82, 2.24) is 4.90 Å². The van der Waals surface area contributed by atoms with Crippen molar-refractivity contribution in [3.05, 3.63) is 0 Å². The van der Waals surface area contributed by atoms with Crippen molar-refractivity contribution >= 4 is 21.8 Å². The molecule has 2 rings (SSSR count). The maximum Gasteiger partial charge on any atom is 0.226 e. The van der Waals surface area contributed by atoms with Gasteiger partial charge in [0.2, 0.25) is 5.91 Å². The van der Waals surface area contributed by atoms with E-state index in [1.165, 1.54) is 32.1 Å². The largest absolute Gasteiger partial charge is 0.339 e. The van der Waals surface area contributed by atoms with Crippen molar-refractivity contribution < 1.29 is 4.79 Å². The highest BCUT2D eigenvalue weighted by Gasteiger charge is 2.42. The lowest BCUT2D eigenvalue weighted by molar-refractivity contribution is -0.141. The fraction of sp³-hybridized carbons (Fsp3) is 0.929. The Hall–Kier alpha value is -0.0500. The van der Waals surface area contributed by atoms with Crippen LogP contribution < -0.4 is 0 Å². The summed E-state index contributed by atoms with van der Waals surface area (Å²) >= 11 is 3.47. The first-order valence-electron chi connectivity index (χ1n) is 6.93. The molecule has 0 N–H and O–H groups in total. The fourth-order valence-corrected chi connectivity index (χ4v) is 3.48. The Morgan fingerprint density at radius 1 is 1.29 bits per heavy atom. The molecule has 0 heterocycles. The first kappa shape index (κ1) is 13.4. The van der Waals surface area contributed by atoms with Gasteiger partial charge in [0.25, 0.3) is 0 Å². The summed E-state index contributed by atoms with van der Waals surface area (Å²) in [6, 6.07) is 0.553. The van der Waals surface area contributed by atoms with Gasteiger partial charge in [-0.05, 0) is 31.1 Å². The zero-order valence-electron chi connectivity index (χ0n) is 11.0. The smallest absolute Gasteiger partial charge is 0.226 e. The average Bonchev–Trinajstić information content (AvgIpc) is 3.08. The molecule has 0 saturated heterocycles. The lowest BCUT2D eigenvalue weighted by Gasteiger charge is -2.40. The highest BCUT2D eigenvalue weighted by Crippen LogP contribution is 2.42. The van der Waals surface area contributed by atoms with E-state index in [-0.39, 0.29) is 11.3 Å². The van der Waals surface area contributed by atoms with Crippen LogP contribution in [0.1, 0.15) is 52.4 Å². The summed E-state index contributed by atoms with van der Waals surface area (Å²) in [6.07, 6.45) is 7.25. The van der Waals surface area contributed by atoms with Crippen LogP contribution in [0.15, 0.2) is 0 Å². The molecule has 1 unspecified atom stereocenters. The van der Waals surface area contributed by atoms with Gasteiger partial charge in [0, 0.05) is 23.8 Å². The summed E-state index contributed by atoms with van der Waals surface area (Å²) in [4.78, 5) is 14.8. The summed E-state index contributed by atoms with van der Waals surface area (Å²) in [7, 11) is 0. The van der Waals surface area contributed by atoms with Crippen molar-refractivity contribution in [2.24, 2.45) is 11.3 Å². The number of halogens is 1. The van der Waals surface area contributed by atoms with Gasteiger partial charge in [-0.3, -0.25) is 4.79 Å². The zero-order chi connectivity index (χ0) is 12.5. The predicted molar refractivity (Wildman–Crippen MR) is 74.3 cm³/mol. The van der Waals surface area contributed by atoms with Gasteiger partial charge in [-0.25, -0.2) is 0 Å². The van der Waals surface area contributed by atoms with Gasteiger partial charge in [0.05, 0.1) is 0 Å². The Balaban J connectivity index is 2.05. The van der Waals surface area contributed by atoms with E-state index in [4.69, 9.17) is 0 Å². The third-order valence-corrected chi connectivity index (χ3v) is 4.76. The van der Waals surface area contributed by atoms with E-state index in [2.05, 4.69) is 34.7 Å². The van der Waals surface area contributed by atoms with Gasteiger partial charge in [-0.2, -0.15) is 0 Å². The molecular formula is C14H24BrNO. The second-order valence-electron chi connectivity index (χ2n) is 6.24. The van der Waals surface area contributed by atoms with Crippen LogP contribution in [0.4, 0.5) is 0 Å². The number of hydrogen-bond acceptors (Lipinski definition) is 1. The molecule has 0 bridgehead atoms. The second-order valence-corrected chi connectivity index (χ2v) is 7.03. The topological polar surface area (TPSA) is 20.3 Å². The normalized spacial score (nSPS) is 27.8. The van der Waals surface area contributed by atoms with Crippen molar-refractivity contribution in [3.63, 3.8) is 0 Å². The standard InChI is InChI=1S/C14H24BrNO/c1-14(2)8-4-3-5-12(14)13(17)16(10-9-15)11-6-7-11/h11-12H,3-10H2,1-2H3. The molecule has 2 nitrogen and oxygen atoms in total. The molecule has 2 fully saturated rings. The summed E-state index contributed by atoms with van der Waals surface area (Å²) in [5, 5.41) is 0.905. The highest BCUT2D eigenvalue weighted by molar-refractivity contribution is 9.09. The number of hydrogen-bond donors (Lipinski definition) is 0. The van der Waals surface area contributed by atoms with E-state index in [1.807, 2.05) is 0 Å². The van der Waals surface area contributed by atoms with Crippen molar-refractivity contribution in [3.8, 4) is 0 Å². The van der Waals surface area contributed by atoms with Crippen LogP contribution >= 0.6 is 15.9 Å². The zero-order valence-corrected chi connectivity index (χ0v) is 12.6. The molecule has 98 valence electrons. The van der Waals surface area contributed by atoms with Crippen LogP contribution in [0.5, 0.6) is 0 Å². The lowest BCUT2D eigenvalue weighted by atomic mass is 9.68. The number of nitrogens with zero attached hydrogens (tertiary/aromatic N) is 1. The molecule has 0 aromatic heterocycles. The molecular weight excluding hydrogens is 278 g/mol. The Bertz CT molecular complexity index is 286. The minimum absolute atomic E-state index is 0.203.